The molecule has 1 fully saturated rings. The van der Waals surface area contributed by atoms with Gasteiger partial charge >= 0.3 is 0 Å². The van der Waals surface area contributed by atoms with Crippen molar-refractivity contribution < 1.29 is 4.21 Å². The Labute approximate surface area is 120 Å². The van der Waals surface area contributed by atoms with Crippen molar-refractivity contribution in [3.8, 4) is 0 Å². The third kappa shape index (κ3) is 3.64. The molecular formula is C13H21N3OS2. The molecule has 0 bridgehead atoms. The molecule has 0 aliphatic heterocycles. The second-order valence-corrected chi connectivity index (χ2v) is 8.91. The average molecular weight is 299 g/mol. The van der Waals surface area contributed by atoms with Crippen LogP contribution in [0.25, 0.3) is 0 Å². The molecule has 0 amide bonds. The van der Waals surface area contributed by atoms with Gasteiger partial charge in [-0.25, -0.2) is 8.93 Å². The molecule has 0 aromatic carbocycles. The van der Waals surface area contributed by atoms with Crippen molar-refractivity contribution in [2.75, 3.05) is 0 Å². The summed E-state index contributed by atoms with van der Waals surface area (Å²) in [4.78, 5) is 1.13. The zero-order chi connectivity index (χ0) is 14.2. The van der Waals surface area contributed by atoms with Crippen LogP contribution < -0.4 is 10.5 Å². The molecular weight excluding hydrogens is 278 g/mol. The van der Waals surface area contributed by atoms with E-state index in [2.05, 4.69) is 4.72 Å². The van der Waals surface area contributed by atoms with E-state index < -0.39 is 11.0 Å². The van der Waals surface area contributed by atoms with Crippen molar-refractivity contribution in [3.63, 3.8) is 0 Å². The van der Waals surface area contributed by atoms with E-state index >= 15 is 0 Å². The number of hydrogen-bond acceptors (Lipinski definition) is 3. The van der Waals surface area contributed by atoms with Crippen molar-refractivity contribution >= 4 is 28.2 Å². The van der Waals surface area contributed by atoms with Gasteiger partial charge in [0.15, 0.2) is 0 Å². The molecule has 4 N–H and O–H groups in total. The molecule has 1 aliphatic carbocycles. The highest BCUT2D eigenvalue weighted by molar-refractivity contribution is 7.84. The monoisotopic (exact) mass is 299 g/mol. The summed E-state index contributed by atoms with van der Waals surface area (Å²) in [6, 6.07) is 2.07. The highest BCUT2D eigenvalue weighted by atomic mass is 32.2. The summed E-state index contributed by atoms with van der Waals surface area (Å²) in [6.07, 6.45) is 2.35. The smallest absolute Gasteiger partial charge is 0.123 e. The molecule has 19 heavy (non-hydrogen) atoms. The number of thiophene rings is 1. The highest BCUT2D eigenvalue weighted by Gasteiger charge is 2.36. The molecule has 1 aliphatic rings. The zero-order valence-electron chi connectivity index (χ0n) is 11.5. The minimum Gasteiger partial charge on any atom is -0.384 e. The van der Waals surface area contributed by atoms with E-state index in [1.54, 1.807) is 11.3 Å². The number of nitrogen functional groups attached to an aromatic ring is 1. The number of rotatable bonds is 5. The molecule has 1 aromatic heterocycles. The fraction of sp³-hybridized carbons (Fsp3) is 0.615. The Bertz CT molecular complexity index is 500. The van der Waals surface area contributed by atoms with Gasteiger partial charge in [0.2, 0.25) is 0 Å². The topological polar surface area (TPSA) is 79.0 Å². The van der Waals surface area contributed by atoms with Crippen LogP contribution in [0.5, 0.6) is 0 Å². The predicted molar refractivity (Wildman–Crippen MR) is 81.8 cm³/mol. The number of nitrogens with two attached hydrogens (primary N) is 1. The molecule has 4 nitrogen and oxygen atoms in total. The van der Waals surface area contributed by atoms with Crippen LogP contribution in [-0.2, 0) is 11.0 Å². The lowest BCUT2D eigenvalue weighted by Gasteiger charge is -2.23. The second kappa shape index (κ2) is 5.34. The lowest BCUT2D eigenvalue weighted by molar-refractivity contribution is 0.563. The van der Waals surface area contributed by atoms with Crippen LogP contribution in [0.4, 0.5) is 0 Å². The zero-order valence-corrected chi connectivity index (χ0v) is 13.2. The van der Waals surface area contributed by atoms with Crippen LogP contribution in [0, 0.1) is 11.3 Å². The van der Waals surface area contributed by atoms with E-state index in [4.69, 9.17) is 11.1 Å². The normalized spacial score (nSPS) is 19.1. The van der Waals surface area contributed by atoms with Gasteiger partial charge in [-0.05, 0) is 45.6 Å². The first-order valence-corrected chi connectivity index (χ1v) is 8.43. The Morgan fingerprint density at radius 1 is 1.58 bits per heavy atom. The number of nitrogens with one attached hydrogen (secondary N) is 2. The van der Waals surface area contributed by atoms with Gasteiger partial charge in [0.25, 0.3) is 0 Å². The van der Waals surface area contributed by atoms with Crippen molar-refractivity contribution in [2.45, 2.75) is 44.4 Å². The third-order valence-electron chi connectivity index (χ3n) is 3.12. The van der Waals surface area contributed by atoms with E-state index in [9.17, 15) is 4.21 Å². The van der Waals surface area contributed by atoms with Gasteiger partial charge in [-0.2, -0.15) is 0 Å². The van der Waals surface area contributed by atoms with E-state index in [1.807, 2.05) is 32.2 Å². The lowest BCUT2D eigenvalue weighted by Crippen LogP contribution is -2.36. The van der Waals surface area contributed by atoms with E-state index in [1.165, 1.54) is 12.8 Å². The van der Waals surface area contributed by atoms with Crippen molar-refractivity contribution in [1.29, 1.82) is 5.41 Å². The van der Waals surface area contributed by atoms with E-state index in [-0.39, 0.29) is 16.6 Å². The quantitative estimate of drug-likeness (QED) is 0.577. The summed E-state index contributed by atoms with van der Waals surface area (Å²) in [7, 11) is -1.08. The van der Waals surface area contributed by atoms with Crippen molar-refractivity contribution in [3.05, 3.63) is 21.9 Å². The van der Waals surface area contributed by atoms with Gasteiger partial charge < -0.3 is 5.73 Å². The van der Waals surface area contributed by atoms with Gasteiger partial charge in [-0.1, -0.05) is 0 Å². The molecule has 0 saturated heterocycles. The molecule has 2 atom stereocenters. The van der Waals surface area contributed by atoms with Crippen molar-refractivity contribution in [1.82, 2.24) is 4.72 Å². The average Bonchev–Trinajstić information content (AvgIpc) is 3.00. The Balaban J connectivity index is 2.16. The molecule has 6 heteroatoms. The van der Waals surface area contributed by atoms with E-state index in [0.717, 1.165) is 10.4 Å². The van der Waals surface area contributed by atoms with Gasteiger partial charge in [0.05, 0.1) is 21.8 Å². The van der Waals surface area contributed by atoms with Crippen molar-refractivity contribution in [2.24, 2.45) is 11.7 Å². The largest absolute Gasteiger partial charge is 0.384 e. The Morgan fingerprint density at radius 2 is 2.21 bits per heavy atom. The maximum Gasteiger partial charge on any atom is 0.123 e. The second-order valence-electron chi connectivity index (χ2n) is 5.97. The summed E-state index contributed by atoms with van der Waals surface area (Å²) in [5, 5.41) is 9.36. The summed E-state index contributed by atoms with van der Waals surface area (Å²) < 4.78 is 15.2. The number of hydrogen-bond donors (Lipinski definition) is 3. The molecule has 1 saturated carbocycles. The minimum atomic E-state index is -1.08. The van der Waals surface area contributed by atoms with Gasteiger partial charge in [-0.3, -0.25) is 5.41 Å². The van der Waals surface area contributed by atoms with E-state index in [0.29, 0.717) is 5.92 Å². The number of amidine groups is 1. The van der Waals surface area contributed by atoms with Gasteiger partial charge in [0.1, 0.15) is 5.84 Å². The fourth-order valence-corrected chi connectivity index (χ4v) is 3.79. The molecule has 2 rings (SSSR count). The first kappa shape index (κ1) is 14.7. The molecule has 0 radical (unpaired) electrons. The Kier molecular flexibility index (Phi) is 4.13. The Morgan fingerprint density at radius 3 is 2.63 bits per heavy atom. The standard InChI is InChI=1S/C13H21N3OS2/c1-13(2,3)19(17)16-11(8-4-5-8)10-6-9(7-18-10)12(14)15/h6-8,11,16H,4-5H2,1-3H3,(H3,14,15)/t11-,19+/m1/s1. The molecule has 106 valence electrons. The predicted octanol–water partition coefficient (Wildman–Crippen LogP) is 2.54. The summed E-state index contributed by atoms with van der Waals surface area (Å²) in [5.41, 5.74) is 6.26. The molecule has 0 unspecified atom stereocenters. The minimum absolute atomic E-state index is 0.0917. The molecule has 1 aromatic rings. The Hall–Kier alpha value is -0.720. The van der Waals surface area contributed by atoms with Crippen LogP contribution in [0.15, 0.2) is 11.4 Å². The maximum atomic E-state index is 12.3. The molecule has 1 heterocycles. The van der Waals surface area contributed by atoms with Crippen LogP contribution in [-0.4, -0.2) is 14.8 Å². The lowest BCUT2D eigenvalue weighted by atomic mass is 10.1. The van der Waals surface area contributed by atoms with Crippen LogP contribution in [0.1, 0.15) is 50.1 Å². The molecule has 0 spiro atoms. The van der Waals surface area contributed by atoms with Crippen LogP contribution >= 0.6 is 11.3 Å². The highest BCUT2D eigenvalue weighted by Crippen LogP contribution is 2.43. The summed E-state index contributed by atoms with van der Waals surface area (Å²) >= 11 is 1.59. The SMILES string of the molecule is CC(C)(C)[S@](=O)N[C@@H](c1cc(C(=N)N)cs1)C1CC1. The first-order chi connectivity index (χ1) is 8.79. The van der Waals surface area contributed by atoms with Crippen LogP contribution in [0.3, 0.4) is 0 Å². The third-order valence-corrected chi connectivity index (χ3v) is 5.72. The summed E-state index contributed by atoms with van der Waals surface area (Å²) in [5.74, 6) is 0.652. The fourth-order valence-electron chi connectivity index (χ4n) is 1.77. The first-order valence-electron chi connectivity index (χ1n) is 6.40. The van der Waals surface area contributed by atoms with Gasteiger partial charge in [-0.15, -0.1) is 11.3 Å². The van der Waals surface area contributed by atoms with Gasteiger partial charge in [0, 0.05) is 15.8 Å². The maximum absolute atomic E-state index is 12.3. The van der Waals surface area contributed by atoms with Crippen LogP contribution in [0.2, 0.25) is 0 Å². The summed E-state index contributed by atoms with van der Waals surface area (Å²) in [6.45, 7) is 5.90.